The van der Waals surface area contributed by atoms with Crippen molar-refractivity contribution in [3.8, 4) is 0 Å². The quantitative estimate of drug-likeness (QED) is 0.128. The molecule has 1 unspecified atom stereocenters. The maximum Gasteiger partial charge on any atom is -0.0360 e. The summed E-state index contributed by atoms with van der Waals surface area (Å²) in [6.07, 6.45) is 34.5. The first kappa shape index (κ1) is 106. The highest BCUT2D eigenvalue weighted by atomic mass is 14.3. The van der Waals surface area contributed by atoms with E-state index in [0.29, 0.717) is 5.41 Å². The van der Waals surface area contributed by atoms with Crippen molar-refractivity contribution in [1.29, 1.82) is 0 Å². The Labute approximate surface area is 564 Å². The second-order valence-corrected chi connectivity index (χ2v) is 35.7. The fourth-order valence-corrected chi connectivity index (χ4v) is 8.56. The van der Waals surface area contributed by atoms with Gasteiger partial charge >= 0.3 is 0 Å². The number of rotatable bonds is 18. The minimum atomic E-state index is 0.500. The Kier molecular flexibility index (Phi) is 87.3. The van der Waals surface area contributed by atoms with Crippen LogP contribution in [0.25, 0.3) is 0 Å². The van der Waals surface area contributed by atoms with Crippen molar-refractivity contribution in [1.82, 2.24) is 0 Å². The molecule has 0 bridgehead atoms. The molecule has 0 aromatic rings. The summed E-state index contributed by atoms with van der Waals surface area (Å²) in [7, 11) is 0. The van der Waals surface area contributed by atoms with Crippen molar-refractivity contribution >= 4 is 0 Å². The molecule has 4 saturated carbocycles. The van der Waals surface area contributed by atoms with E-state index in [0.717, 1.165) is 124 Å². The van der Waals surface area contributed by atoms with E-state index >= 15 is 0 Å². The molecular weight excluding hydrogens is 1040 g/mol. The van der Waals surface area contributed by atoms with Gasteiger partial charge in [0.25, 0.3) is 0 Å². The molecule has 87 heavy (non-hydrogen) atoms. The molecule has 0 spiro atoms. The van der Waals surface area contributed by atoms with Crippen molar-refractivity contribution in [2.24, 2.45) is 130 Å². The summed E-state index contributed by atoms with van der Waals surface area (Å²) in [5.74, 6) is 19.4. The Morgan fingerprint density at radius 1 is 0.276 bits per heavy atom. The fraction of sp³-hybridized carbons (Fsp3) is 1.00. The van der Waals surface area contributed by atoms with Gasteiger partial charge in [0, 0.05) is 0 Å². The smallest absolute Gasteiger partial charge is 0.0360 e. The molecule has 0 aliphatic heterocycles. The Bertz CT molecular complexity index is 1110. The Morgan fingerprint density at radius 2 is 0.529 bits per heavy atom. The third-order valence-electron chi connectivity index (χ3n) is 18.5. The highest BCUT2D eigenvalue weighted by molar-refractivity contribution is 4.75. The third kappa shape index (κ3) is 111. The van der Waals surface area contributed by atoms with Gasteiger partial charge in [-0.3, -0.25) is 0 Å². The lowest BCUT2D eigenvalue weighted by atomic mass is 9.78. The van der Waals surface area contributed by atoms with Crippen LogP contribution in [0.4, 0.5) is 0 Å². The summed E-state index contributed by atoms with van der Waals surface area (Å²) >= 11 is 0. The molecule has 0 radical (unpaired) electrons. The van der Waals surface area contributed by atoms with E-state index < -0.39 is 0 Å². The van der Waals surface area contributed by atoms with Crippen LogP contribution in [-0.4, -0.2) is 0 Å². The predicted molar refractivity (Wildman–Crippen MR) is 419 cm³/mol. The second kappa shape index (κ2) is 71.8. The zero-order valence-electron chi connectivity index (χ0n) is 70.6. The van der Waals surface area contributed by atoms with Gasteiger partial charge in [0.15, 0.2) is 0 Å². The molecule has 0 heterocycles. The molecule has 0 amide bonds. The monoisotopic (exact) mass is 1240 g/mol. The zero-order valence-corrected chi connectivity index (χ0v) is 70.6. The lowest BCUT2D eigenvalue weighted by molar-refractivity contribution is 0.235. The average Bonchev–Trinajstić information content (AvgIpc) is 4.09. The maximum absolute atomic E-state index is 2.36. The van der Waals surface area contributed by atoms with E-state index in [9.17, 15) is 0 Å². The summed E-state index contributed by atoms with van der Waals surface area (Å²) in [6.45, 7) is 92.8. The number of hydrogen-bond acceptors (Lipinski definition) is 0. The van der Waals surface area contributed by atoms with Gasteiger partial charge in [-0.1, -0.05) is 419 Å². The standard InChI is InChI=1S/C9H18.C8H16.C8H18.C7H14.4C7H16.C6H12.2C6H14.C5H12.C4H10/c1-8(2)9-6-4-3-5-7-9;1-7(2)8-5-3-4-6-8;1-7(2)5-6-8(3)4;1-6(2)7-4-3-5-7;1-6(2)7(3,4)5;1-6(2)5-7(3)4;1-5-7(4)6(2)3;1-4-5-6-7(2)3;1-5(2)6-3-4-6;1-5(2)6(3)4;1-4-5-6(2)3;1-4-5(2)3;1-4(2)3/h8-9H,3-7H2,1-2H3;7-8H,3-6H2,1-2H3;7-8H,5-6H2,1-4H3;6-7H,3-5H2,1-2H3;6H,1-5H3;2*6-7H,5H2,1-4H3;7H,4-6H2,1-3H3;5-6H,3-4H2,1-2H3;5-6H,1-4H3;6H,4-5H2,1-3H3;5H,4H2,1-3H3;4H,1-3H3. The van der Waals surface area contributed by atoms with E-state index in [1.54, 1.807) is 0 Å². The van der Waals surface area contributed by atoms with Crippen LogP contribution in [0.5, 0.6) is 0 Å². The molecule has 0 nitrogen and oxygen atoms in total. The fourth-order valence-electron chi connectivity index (χ4n) is 8.56. The van der Waals surface area contributed by atoms with Crippen LogP contribution in [0, 0.1) is 130 Å². The van der Waals surface area contributed by atoms with Crippen molar-refractivity contribution in [3.63, 3.8) is 0 Å². The largest absolute Gasteiger partial charge is 0.0654 e. The summed E-state index contributed by atoms with van der Waals surface area (Å²) in [5, 5.41) is 0. The molecule has 0 N–H and O–H groups in total. The molecule has 1 atom stereocenters. The minimum Gasteiger partial charge on any atom is -0.0654 e. The van der Waals surface area contributed by atoms with Crippen LogP contribution >= 0.6 is 0 Å². The van der Waals surface area contributed by atoms with E-state index in [1.807, 2.05) is 0 Å². The first-order valence-electron chi connectivity index (χ1n) is 39.8. The summed E-state index contributed by atoms with van der Waals surface area (Å²) in [6, 6.07) is 0. The SMILES string of the molecule is CC(C)C.CC(C)C(C)(C)C.CC(C)C(C)C.CC(C)C1CC1.CC(C)C1CCC1.CC(C)C1CCCC1.CC(C)C1CCCCC1.CC(C)CC(C)C.CC(C)CCC(C)C.CCC(C)C.CCC(C)C(C)C.CCCC(C)C.CCCCC(C)C. The second-order valence-electron chi connectivity index (χ2n) is 35.7. The van der Waals surface area contributed by atoms with Crippen molar-refractivity contribution in [2.45, 2.75) is 438 Å². The summed E-state index contributed by atoms with van der Waals surface area (Å²) in [4.78, 5) is 0. The summed E-state index contributed by atoms with van der Waals surface area (Å²) in [5.41, 5.74) is 0.500. The van der Waals surface area contributed by atoms with Gasteiger partial charge in [-0.25, -0.2) is 0 Å². The lowest BCUT2D eigenvalue weighted by Gasteiger charge is -2.28. The number of unbranched alkanes of at least 4 members (excludes halogenated alkanes) is 1. The van der Waals surface area contributed by atoms with Gasteiger partial charge in [0.2, 0.25) is 0 Å². The number of hydrogen-bond donors (Lipinski definition) is 0. The van der Waals surface area contributed by atoms with Gasteiger partial charge in [-0.05, 0) is 149 Å². The molecule has 0 aromatic heterocycles. The van der Waals surface area contributed by atoms with E-state index in [4.69, 9.17) is 0 Å². The van der Waals surface area contributed by atoms with E-state index in [2.05, 4.69) is 284 Å². The maximum atomic E-state index is 2.36. The van der Waals surface area contributed by atoms with Gasteiger partial charge in [-0.15, -0.1) is 0 Å². The first-order chi connectivity index (χ1) is 39.8. The van der Waals surface area contributed by atoms with Gasteiger partial charge in [-0.2, -0.15) is 0 Å². The molecule has 0 heteroatoms. The van der Waals surface area contributed by atoms with Crippen LogP contribution < -0.4 is 0 Å². The Balaban J connectivity index is -0.000000109. The van der Waals surface area contributed by atoms with Crippen LogP contribution in [0.15, 0.2) is 0 Å². The predicted octanol–water partition coefficient (Wildman–Crippen LogP) is 33.0. The molecule has 4 aliphatic carbocycles. The van der Waals surface area contributed by atoms with E-state index in [1.165, 1.54) is 154 Å². The highest BCUT2D eigenvalue weighted by Crippen LogP contribution is 2.36. The highest BCUT2D eigenvalue weighted by Gasteiger charge is 2.24. The minimum absolute atomic E-state index is 0.500. The molecule has 0 aromatic carbocycles. The van der Waals surface area contributed by atoms with Crippen LogP contribution in [0.1, 0.15) is 438 Å². The topological polar surface area (TPSA) is 0 Å². The van der Waals surface area contributed by atoms with Gasteiger partial charge in [0.05, 0.1) is 0 Å². The molecule has 0 saturated heterocycles. The van der Waals surface area contributed by atoms with Crippen molar-refractivity contribution in [2.75, 3.05) is 0 Å². The normalized spacial score (nSPS) is 15.3. The lowest BCUT2D eigenvalue weighted by Crippen LogP contribution is -2.16. The Morgan fingerprint density at radius 3 is 0.598 bits per heavy atom. The summed E-state index contributed by atoms with van der Waals surface area (Å²) < 4.78 is 0. The van der Waals surface area contributed by atoms with Gasteiger partial charge in [0.1, 0.15) is 0 Å². The van der Waals surface area contributed by atoms with Crippen LogP contribution in [0.2, 0.25) is 0 Å². The first-order valence-corrected chi connectivity index (χ1v) is 39.8. The molecule has 4 aliphatic rings. The average molecular weight is 1240 g/mol. The molecular formula is C87H192. The van der Waals surface area contributed by atoms with Crippen LogP contribution in [0.3, 0.4) is 0 Å². The van der Waals surface area contributed by atoms with Crippen LogP contribution in [-0.2, 0) is 0 Å². The van der Waals surface area contributed by atoms with Gasteiger partial charge < -0.3 is 0 Å². The van der Waals surface area contributed by atoms with Crippen molar-refractivity contribution < 1.29 is 0 Å². The zero-order chi connectivity index (χ0) is 70.6. The molecule has 4 rings (SSSR count). The van der Waals surface area contributed by atoms with E-state index in [-0.39, 0.29) is 0 Å². The Hall–Kier alpha value is 0. The molecule has 4 fully saturated rings. The third-order valence-corrected chi connectivity index (χ3v) is 18.5. The molecule has 540 valence electrons. The van der Waals surface area contributed by atoms with Crippen molar-refractivity contribution in [3.05, 3.63) is 0 Å².